The fourth-order valence-electron chi connectivity index (χ4n) is 1.34. The Morgan fingerprint density at radius 1 is 1.35 bits per heavy atom. The second-order valence-corrected chi connectivity index (χ2v) is 4.01. The van der Waals surface area contributed by atoms with Crippen molar-refractivity contribution in [2.45, 2.75) is 13.5 Å². The molecule has 0 bridgehead atoms. The molecule has 0 saturated carbocycles. The third-order valence-corrected chi connectivity index (χ3v) is 2.24. The van der Waals surface area contributed by atoms with E-state index in [2.05, 4.69) is 18.4 Å². The van der Waals surface area contributed by atoms with Gasteiger partial charge in [0.2, 0.25) is 0 Å². The third kappa shape index (κ3) is 7.91. The molecule has 0 heterocycles. The zero-order valence-electron chi connectivity index (χ0n) is 11.6. The Kier molecular flexibility index (Phi) is 7.56. The maximum absolute atomic E-state index is 10.5. The second kappa shape index (κ2) is 9.60. The summed E-state index contributed by atoms with van der Waals surface area (Å²) in [7, 11) is 0. The Morgan fingerprint density at radius 2 is 2.10 bits per heavy atom. The van der Waals surface area contributed by atoms with Gasteiger partial charge in [0.25, 0.3) is 0 Å². The zero-order valence-corrected chi connectivity index (χ0v) is 11.6. The van der Waals surface area contributed by atoms with Gasteiger partial charge in [-0.2, -0.15) is 0 Å². The van der Waals surface area contributed by atoms with Crippen LogP contribution in [0, 0.1) is 11.8 Å². The van der Waals surface area contributed by atoms with Crippen LogP contribution in [0.2, 0.25) is 0 Å². The van der Waals surface area contributed by atoms with Crippen molar-refractivity contribution in [2.24, 2.45) is 0 Å². The maximum Gasteiger partial charge on any atom is 0.302 e. The highest BCUT2D eigenvalue weighted by Crippen LogP contribution is 1.99. The molecule has 1 aromatic rings. The van der Waals surface area contributed by atoms with Crippen LogP contribution in [-0.2, 0) is 20.9 Å². The number of carbonyl (C=O) groups excluding carboxylic acids is 1. The topological polar surface area (TPSA) is 35.5 Å². The zero-order chi connectivity index (χ0) is 14.6. The molecule has 0 radical (unpaired) electrons. The molecule has 0 spiro atoms. The first-order valence-corrected chi connectivity index (χ1v) is 6.28. The lowest BCUT2D eigenvalue weighted by molar-refractivity contribution is -0.139. The molecule has 0 aliphatic carbocycles. The van der Waals surface area contributed by atoms with E-state index in [9.17, 15) is 4.79 Å². The first-order valence-electron chi connectivity index (χ1n) is 6.28. The number of hydrogen-bond acceptors (Lipinski definition) is 3. The first kappa shape index (κ1) is 15.7. The van der Waals surface area contributed by atoms with E-state index >= 15 is 0 Å². The van der Waals surface area contributed by atoms with Crippen molar-refractivity contribution in [1.29, 1.82) is 0 Å². The average Bonchev–Trinajstić information content (AvgIpc) is 2.44. The summed E-state index contributed by atoms with van der Waals surface area (Å²) in [6, 6.07) is 9.92. The molecule has 0 fully saturated rings. The Labute approximate surface area is 119 Å². The third-order valence-electron chi connectivity index (χ3n) is 2.24. The molecule has 0 N–H and O–H groups in total. The van der Waals surface area contributed by atoms with Crippen LogP contribution in [0.3, 0.4) is 0 Å². The van der Waals surface area contributed by atoms with E-state index in [0.29, 0.717) is 18.8 Å². The number of hydrogen-bond donors (Lipinski definition) is 0. The van der Waals surface area contributed by atoms with Gasteiger partial charge >= 0.3 is 5.97 Å². The molecule has 3 heteroatoms. The van der Waals surface area contributed by atoms with Crippen molar-refractivity contribution in [3.63, 3.8) is 0 Å². The summed E-state index contributed by atoms with van der Waals surface area (Å²) >= 11 is 0. The van der Waals surface area contributed by atoms with Crippen LogP contribution in [0.5, 0.6) is 0 Å². The standard InChI is InChI=1S/C17H18O3/c1-15(9-7-13-20-16(2)18)8-6-12-19-14-17-10-4-3-5-11-17/h3-5,7,9-11H,1,12-14H2,2H3/b9-7+. The van der Waals surface area contributed by atoms with E-state index in [4.69, 9.17) is 9.47 Å². The molecule has 104 valence electrons. The largest absolute Gasteiger partial charge is 0.462 e. The number of ether oxygens (including phenoxy) is 2. The minimum Gasteiger partial charge on any atom is -0.462 e. The van der Waals surface area contributed by atoms with Gasteiger partial charge in [-0.05, 0) is 17.7 Å². The number of benzene rings is 1. The van der Waals surface area contributed by atoms with Crippen molar-refractivity contribution in [3.8, 4) is 11.8 Å². The highest BCUT2D eigenvalue weighted by atomic mass is 16.5. The van der Waals surface area contributed by atoms with Gasteiger partial charge in [-0.1, -0.05) is 48.8 Å². The molecule has 1 aromatic carbocycles. The van der Waals surface area contributed by atoms with Crippen LogP contribution in [0.15, 0.2) is 54.6 Å². The fourth-order valence-corrected chi connectivity index (χ4v) is 1.34. The Bertz CT molecular complexity index is 518. The summed E-state index contributed by atoms with van der Waals surface area (Å²) in [5, 5.41) is 0. The van der Waals surface area contributed by atoms with Crippen LogP contribution < -0.4 is 0 Å². The Hall–Kier alpha value is -2.31. The number of allylic oxidation sites excluding steroid dienone is 2. The predicted molar refractivity (Wildman–Crippen MR) is 78.8 cm³/mol. The van der Waals surface area contributed by atoms with Crippen molar-refractivity contribution in [3.05, 3.63) is 60.2 Å². The van der Waals surface area contributed by atoms with Gasteiger partial charge in [0.1, 0.15) is 13.2 Å². The number of esters is 1. The van der Waals surface area contributed by atoms with Gasteiger partial charge in [0.15, 0.2) is 0 Å². The normalized spacial score (nSPS) is 9.85. The summed E-state index contributed by atoms with van der Waals surface area (Å²) in [4.78, 5) is 10.5. The summed E-state index contributed by atoms with van der Waals surface area (Å²) in [6.07, 6.45) is 3.41. The van der Waals surface area contributed by atoms with E-state index < -0.39 is 0 Å². The Morgan fingerprint density at radius 3 is 2.80 bits per heavy atom. The molecular formula is C17H18O3. The summed E-state index contributed by atoms with van der Waals surface area (Å²) in [5.41, 5.74) is 1.77. The Balaban J connectivity index is 2.18. The van der Waals surface area contributed by atoms with E-state index in [1.54, 1.807) is 12.2 Å². The molecular weight excluding hydrogens is 252 g/mol. The van der Waals surface area contributed by atoms with Gasteiger partial charge in [-0.15, -0.1) is 0 Å². The van der Waals surface area contributed by atoms with Crippen LogP contribution in [0.25, 0.3) is 0 Å². The highest BCUT2D eigenvalue weighted by molar-refractivity contribution is 5.66. The molecule has 0 amide bonds. The first-order chi connectivity index (χ1) is 9.68. The van der Waals surface area contributed by atoms with Crippen LogP contribution in [-0.4, -0.2) is 19.2 Å². The van der Waals surface area contributed by atoms with Gasteiger partial charge in [0, 0.05) is 12.5 Å². The van der Waals surface area contributed by atoms with Crippen molar-refractivity contribution in [1.82, 2.24) is 0 Å². The van der Waals surface area contributed by atoms with Crippen LogP contribution in [0.4, 0.5) is 0 Å². The van der Waals surface area contributed by atoms with Crippen molar-refractivity contribution >= 4 is 5.97 Å². The quantitative estimate of drug-likeness (QED) is 0.345. The lowest BCUT2D eigenvalue weighted by Gasteiger charge is -1.99. The second-order valence-electron chi connectivity index (χ2n) is 4.01. The molecule has 0 aromatic heterocycles. The lowest BCUT2D eigenvalue weighted by atomic mass is 10.2. The SMILES string of the molecule is C=C(C#CCOCc1ccccc1)/C=C/COC(C)=O. The summed E-state index contributed by atoms with van der Waals surface area (Å²) in [5.74, 6) is 5.43. The van der Waals surface area contributed by atoms with Crippen LogP contribution >= 0.6 is 0 Å². The maximum atomic E-state index is 10.5. The molecule has 0 atom stereocenters. The van der Waals surface area contributed by atoms with E-state index in [-0.39, 0.29) is 12.6 Å². The molecule has 0 unspecified atom stereocenters. The van der Waals surface area contributed by atoms with Gasteiger partial charge < -0.3 is 9.47 Å². The number of rotatable bonds is 6. The minimum atomic E-state index is -0.305. The lowest BCUT2D eigenvalue weighted by Crippen LogP contribution is -1.97. The highest BCUT2D eigenvalue weighted by Gasteiger charge is 1.89. The summed E-state index contributed by atoms with van der Waals surface area (Å²) < 4.78 is 10.2. The van der Waals surface area contributed by atoms with Gasteiger partial charge in [-0.25, -0.2) is 0 Å². The summed E-state index contributed by atoms with van der Waals surface area (Å²) in [6.45, 7) is 6.27. The smallest absolute Gasteiger partial charge is 0.302 e. The van der Waals surface area contributed by atoms with Gasteiger partial charge in [-0.3, -0.25) is 4.79 Å². The predicted octanol–water partition coefficient (Wildman–Crippen LogP) is 2.88. The van der Waals surface area contributed by atoms with Gasteiger partial charge in [0.05, 0.1) is 6.61 Å². The average molecular weight is 270 g/mol. The van der Waals surface area contributed by atoms with Crippen molar-refractivity contribution < 1.29 is 14.3 Å². The molecule has 0 aliphatic heterocycles. The molecule has 1 rings (SSSR count). The van der Waals surface area contributed by atoms with Crippen LogP contribution in [0.1, 0.15) is 12.5 Å². The van der Waals surface area contributed by atoms with Crippen molar-refractivity contribution in [2.75, 3.05) is 13.2 Å². The molecule has 0 aliphatic rings. The molecule has 20 heavy (non-hydrogen) atoms. The van der Waals surface area contributed by atoms with E-state index in [1.165, 1.54) is 6.92 Å². The van der Waals surface area contributed by atoms with E-state index in [0.717, 1.165) is 5.56 Å². The van der Waals surface area contributed by atoms with E-state index in [1.807, 2.05) is 30.3 Å². The number of carbonyl (C=O) groups is 1. The monoisotopic (exact) mass is 270 g/mol. The minimum absolute atomic E-state index is 0.237. The fraction of sp³-hybridized carbons (Fsp3) is 0.235. The molecule has 0 saturated heterocycles. The molecule has 3 nitrogen and oxygen atoms in total.